The smallest absolute Gasteiger partial charge is 0.168 e. The number of hydrogen-bond acceptors (Lipinski definition) is 3. The molecule has 94 valence electrons. The quantitative estimate of drug-likeness (QED) is 0.866. The monoisotopic (exact) mass is 234 g/mol. The first kappa shape index (κ1) is 12.2. The predicted molar refractivity (Wildman–Crippen MR) is 70.4 cm³/mol. The van der Waals surface area contributed by atoms with Crippen molar-refractivity contribution in [1.82, 2.24) is 4.98 Å². The molecule has 3 heteroatoms. The second-order valence-corrected chi connectivity index (χ2v) is 4.88. The molecule has 0 amide bonds. The summed E-state index contributed by atoms with van der Waals surface area (Å²) in [4.78, 5) is 4.37. The Kier molecular flexibility index (Phi) is 4.24. The van der Waals surface area contributed by atoms with Crippen LogP contribution < -0.4 is 10.1 Å². The first-order chi connectivity index (χ1) is 8.29. The summed E-state index contributed by atoms with van der Waals surface area (Å²) in [5.41, 5.74) is 0. The SMILES string of the molecule is CCOc1cccnc1NC1CCC(C)CC1. The van der Waals surface area contributed by atoms with Gasteiger partial charge in [0, 0.05) is 12.2 Å². The zero-order valence-corrected chi connectivity index (χ0v) is 10.8. The molecule has 1 aliphatic carbocycles. The van der Waals surface area contributed by atoms with Gasteiger partial charge in [0.1, 0.15) is 0 Å². The molecule has 17 heavy (non-hydrogen) atoms. The Labute approximate surface area is 104 Å². The number of hydrogen-bond donors (Lipinski definition) is 1. The third-order valence-electron chi connectivity index (χ3n) is 3.43. The molecule has 0 aromatic carbocycles. The van der Waals surface area contributed by atoms with Gasteiger partial charge in [0.25, 0.3) is 0 Å². The number of rotatable bonds is 4. The molecule has 1 aliphatic rings. The summed E-state index contributed by atoms with van der Waals surface area (Å²) < 4.78 is 5.57. The molecule has 1 N–H and O–H groups in total. The van der Waals surface area contributed by atoms with Crippen molar-refractivity contribution in [3.05, 3.63) is 18.3 Å². The lowest BCUT2D eigenvalue weighted by Gasteiger charge is -2.27. The van der Waals surface area contributed by atoms with Crippen molar-refractivity contribution in [1.29, 1.82) is 0 Å². The average molecular weight is 234 g/mol. The van der Waals surface area contributed by atoms with Crippen LogP contribution in [0.25, 0.3) is 0 Å². The minimum Gasteiger partial charge on any atom is -0.490 e. The Bertz CT molecular complexity index is 346. The van der Waals surface area contributed by atoms with Crippen LogP contribution >= 0.6 is 0 Å². The van der Waals surface area contributed by atoms with Gasteiger partial charge in [-0.05, 0) is 50.7 Å². The molecule has 1 fully saturated rings. The highest BCUT2D eigenvalue weighted by molar-refractivity contribution is 5.50. The molecule has 0 spiro atoms. The number of nitrogens with zero attached hydrogens (tertiary/aromatic N) is 1. The maximum atomic E-state index is 5.57. The summed E-state index contributed by atoms with van der Waals surface area (Å²) >= 11 is 0. The highest BCUT2D eigenvalue weighted by Gasteiger charge is 2.19. The Hall–Kier alpha value is -1.25. The fraction of sp³-hybridized carbons (Fsp3) is 0.643. The first-order valence-electron chi connectivity index (χ1n) is 6.64. The molecular formula is C14H22N2O. The van der Waals surface area contributed by atoms with Gasteiger partial charge in [-0.2, -0.15) is 0 Å². The largest absolute Gasteiger partial charge is 0.490 e. The van der Waals surface area contributed by atoms with Gasteiger partial charge in [-0.1, -0.05) is 6.92 Å². The Morgan fingerprint density at radius 1 is 1.35 bits per heavy atom. The van der Waals surface area contributed by atoms with E-state index in [9.17, 15) is 0 Å². The van der Waals surface area contributed by atoms with Crippen LogP contribution in [0.2, 0.25) is 0 Å². The molecule has 1 saturated carbocycles. The van der Waals surface area contributed by atoms with Gasteiger partial charge in [0.2, 0.25) is 0 Å². The highest BCUT2D eigenvalue weighted by Crippen LogP contribution is 2.28. The Morgan fingerprint density at radius 3 is 2.82 bits per heavy atom. The molecule has 0 aliphatic heterocycles. The van der Waals surface area contributed by atoms with Crippen LogP contribution in [-0.4, -0.2) is 17.6 Å². The predicted octanol–water partition coefficient (Wildman–Crippen LogP) is 3.47. The van der Waals surface area contributed by atoms with Crippen LogP contribution in [0.15, 0.2) is 18.3 Å². The van der Waals surface area contributed by atoms with E-state index in [4.69, 9.17) is 4.74 Å². The van der Waals surface area contributed by atoms with Gasteiger partial charge >= 0.3 is 0 Å². The zero-order valence-electron chi connectivity index (χ0n) is 10.8. The number of nitrogens with one attached hydrogen (secondary N) is 1. The van der Waals surface area contributed by atoms with Crippen molar-refractivity contribution >= 4 is 5.82 Å². The third-order valence-corrected chi connectivity index (χ3v) is 3.43. The summed E-state index contributed by atoms with van der Waals surface area (Å²) in [6.07, 6.45) is 6.92. The topological polar surface area (TPSA) is 34.1 Å². The maximum absolute atomic E-state index is 5.57. The number of anilines is 1. The molecule has 0 unspecified atom stereocenters. The van der Waals surface area contributed by atoms with Gasteiger partial charge in [-0.3, -0.25) is 0 Å². The summed E-state index contributed by atoms with van der Waals surface area (Å²) in [6.45, 7) is 5.02. The van der Waals surface area contributed by atoms with E-state index in [-0.39, 0.29) is 0 Å². The summed E-state index contributed by atoms with van der Waals surface area (Å²) in [7, 11) is 0. The van der Waals surface area contributed by atoms with Crippen molar-refractivity contribution in [2.45, 2.75) is 45.6 Å². The zero-order chi connectivity index (χ0) is 12.1. The molecule has 0 radical (unpaired) electrons. The Morgan fingerprint density at radius 2 is 2.12 bits per heavy atom. The molecule has 0 saturated heterocycles. The maximum Gasteiger partial charge on any atom is 0.168 e. The van der Waals surface area contributed by atoms with E-state index in [2.05, 4.69) is 17.2 Å². The van der Waals surface area contributed by atoms with Crippen molar-refractivity contribution < 1.29 is 4.74 Å². The van der Waals surface area contributed by atoms with Crippen LogP contribution in [0, 0.1) is 5.92 Å². The second kappa shape index (κ2) is 5.89. The fourth-order valence-electron chi connectivity index (χ4n) is 2.37. The minimum absolute atomic E-state index is 0.556. The van der Waals surface area contributed by atoms with Crippen molar-refractivity contribution in [2.24, 2.45) is 5.92 Å². The van der Waals surface area contributed by atoms with E-state index >= 15 is 0 Å². The molecule has 1 aromatic rings. The van der Waals surface area contributed by atoms with Crippen LogP contribution in [0.4, 0.5) is 5.82 Å². The normalized spacial score (nSPS) is 24.4. The minimum atomic E-state index is 0.556. The molecule has 1 heterocycles. The van der Waals surface area contributed by atoms with E-state index in [0.717, 1.165) is 17.5 Å². The molecule has 2 rings (SSSR count). The summed E-state index contributed by atoms with van der Waals surface area (Å²) in [5.74, 6) is 2.64. The molecular weight excluding hydrogens is 212 g/mol. The van der Waals surface area contributed by atoms with Gasteiger partial charge in [-0.15, -0.1) is 0 Å². The van der Waals surface area contributed by atoms with E-state index in [1.807, 2.05) is 25.3 Å². The van der Waals surface area contributed by atoms with Gasteiger partial charge in [-0.25, -0.2) is 4.98 Å². The fourth-order valence-corrected chi connectivity index (χ4v) is 2.37. The third kappa shape index (κ3) is 3.35. The van der Waals surface area contributed by atoms with Crippen LogP contribution in [0.3, 0.4) is 0 Å². The van der Waals surface area contributed by atoms with Gasteiger partial charge < -0.3 is 10.1 Å². The lowest BCUT2D eigenvalue weighted by Crippen LogP contribution is -2.25. The lowest BCUT2D eigenvalue weighted by atomic mass is 9.87. The van der Waals surface area contributed by atoms with Gasteiger partial charge in [0.05, 0.1) is 6.61 Å². The summed E-state index contributed by atoms with van der Waals surface area (Å²) in [6, 6.07) is 4.45. The van der Waals surface area contributed by atoms with Crippen molar-refractivity contribution in [2.75, 3.05) is 11.9 Å². The van der Waals surface area contributed by atoms with E-state index < -0.39 is 0 Å². The number of aromatic nitrogens is 1. The van der Waals surface area contributed by atoms with Gasteiger partial charge in [0.15, 0.2) is 11.6 Å². The van der Waals surface area contributed by atoms with Crippen molar-refractivity contribution in [3.8, 4) is 5.75 Å². The van der Waals surface area contributed by atoms with Crippen molar-refractivity contribution in [3.63, 3.8) is 0 Å². The Balaban J connectivity index is 1.98. The van der Waals surface area contributed by atoms with Crippen LogP contribution in [0.1, 0.15) is 39.5 Å². The molecule has 1 aromatic heterocycles. The van der Waals surface area contributed by atoms with Crippen LogP contribution in [-0.2, 0) is 0 Å². The molecule has 0 atom stereocenters. The first-order valence-corrected chi connectivity index (χ1v) is 6.64. The standard InChI is InChI=1S/C14H22N2O/c1-3-17-13-5-4-10-15-14(13)16-12-8-6-11(2)7-9-12/h4-5,10-12H,3,6-9H2,1-2H3,(H,15,16). The molecule has 0 bridgehead atoms. The molecule has 3 nitrogen and oxygen atoms in total. The van der Waals surface area contributed by atoms with Crippen LogP contribution in [0.5, 0.6) is 5.75 Å². The van der Waals surface area contributed by atoms with E-state index in [0.29, 0.717) is 12.6 Å². The number of ether oxygens (including phenoxy) is 1. The second-order valence-electron chi connectivity index (χ2n) is 4.88. The number of pyridine rings is 1. The summed E-state index contributed by atoms with van der Waals surface area (Å²) in [5, 5.41) is 3.52. The average Bonchev–Trinajstić information content (AvgIpc) is 2.35. The van der Waals surface area contributed by atoms with E-state index in [1.54, 1.807) is 0 Å². The highest BCUT2D eigenvalue weighted by atomic mass is 16.5. The van der Waals surface area contributed by atoms with E-state index in [1.165, 1.54) is 25.7 Å². The lowest BCUT2D eigenvalue weighted by molar-refractivity contribution is 0.336.